The molecule has 6 heteroatoms. The summed E-state index contributed by atoms with van der Waals surface area (Å²) in [4.78, 5) is 22.8. The summed E-state index contributed by atoms with van der Waals surface area (Å²) < 4.78 is 0. The second-order valence-electron chi connectivity index (χ2n) is 6.46. The quantitative estimate of drug-likeness (QED) is 0.632. The molecule has 0 saturated heterocycles. The van der Waals surface area contributed by atoms with E-state index >= 15 is 0 Å². The number of halogens is 1. The van der Waals surface area contributed by atoms with Crippen LogP contribution in [0.1, 0.15) is 41.6 Å². The van der Waals surface area contributed by atoms with Gasteiger partial charge in [0.25, 0.3) is 11.6 Å². The number of carbonyl (C=O) groups excluding carboxylic acids is 1. The largest absolute Gasteiger partial charge is 0.351 e. The van der Waals surface area contributed by atoms with Gasteiger partial charge in [0, 0.05) is 24.1 Å². The van der Waals surface area contributed by atoms with Gasteiger partial charge in [-0.25, -0.2) is 0 Å². The van der Waals surface area contributed by atoms with E-state index in [0.29, 0.717) is 6.54 Å². The number of rotatable bonds is 5. The Morgan fingerprint density at radius 3 is 2.44 bits per heavy atom. The fourth-order valence-electron chi connectivity index (χ4n) is 3.56. The third-order valence-electron chi connectivity index (χ3n) is 4.94. The number of nitrogens with one attached hydrogen (secondary N) is 1. The van der Waals surface area contributed by atoms with Gasteiger partial charge in [0.15, 0.2) is 0 Å². The molecule has 1 aliphatic carbocycles. The predicted octanol–water partition coefficient (Wildman–Crippen LogP) is 4.49. The maximum absolute atomic E-state index is 12.5. The summed E-state index contributed by atoms with van der Waals surface area (Å²) in [5.41, 5.74) is 1.32. The average molecular weight is 359 g/mol. The van der Waals surface area contributed by atoms with Crippen LogP contribution in [-0.4, -0.2) is 17.4 Å². The van der Waals surface area contributed by atoms with E-state index in [1.807, 2.05) is 18.2 Å². The van der Waals surface area contributed by atoms with Crippen molar-refractivity contribution < 1.29 is 9.72 Å². The second-order valence-corrected chi connectivity index (χ2v) is 6.86. The van der Waals surface area contributed by atoms with Crippen molar-refractivity contribution in [3.63, 3.8) is 0 Å². The number of nitro benzene ring substituents is 1. The molecule has 1 saturated carbocycles. The molecule has 2 aromatic rings. The number of carbonyl (C=O) groups is 1. The van der Waals surface area contributed by atoms with Gasteiger partial charge in [-0.1, -0.05) is 54.8 Å². The third-order valence-corrected chi connectivity index (χ3v) is 5.25. The van der Waals surface area contributed by atoms with E-state index in [1.54, 1.807) is 0 Å². The van der Waals surface area contributed by atoms with Crippen LogP contribution in [0, 0.1) is 10.1 Å². The molecule has 0 unspecified atom stereocenters. The smallest absolute Gasteiger partial charge is 0.270 e. The third kappa shape index (κ3) is 3.66. The van der Waals surface area contributed by atoms with Crippen molar-refractivity contribution >= 4 is 23.2 Å². The predicted molar refractivity (Wildman–Crippen MR) is 97.0 cm³/mol. The van der Waals surface area contributed by atoms with Gasteiger partial charge in [-0.15, -0.1) is 0 Å². The minimum Gasteiger partial charge on any atom is -0.351 e. The standard InChI is InChI=1S/C19H19ClN2O3/c20-17-12-15(22(24)25)8-9-16(17)18(23)21-13-19(10-4-5-11-19)14-6-2-1-3-7-14/h1-3,6-9,12H,4-5,10-11,13H2,(H,21,23). The molecule has 0 spiro atoms. The van der Waals surface area contributed by atoms with Crippen molar-refractivity contribution in [2.45, 2.75) is 31.1 Å². The SMILES string of the molecule is O=C(NCC1(c2ccccc2)CCCC1)c1ccc([N+](=O)[O-])cc1Cl. The first-order valence-electron chi connectivity index (χ1n) is 8.29. The van der Waals surface area contributed by atoms with Gasteiger partial charge >= 0.3 is 0 Å². The lowest BCUT2D eigenvalue weighted by atomic mass is 9.79. The summed E-state index contributed by atoms with van der Waals surface area (Å²) in [5.74, 6) is -0.304. The van der Waals surface area contributed by atoms with Gasteiger partial charge < -0.3 is 5.32 Å². The first-order chi connectivity index (χ1) is 12.0. The Labute approximate surface area is 151 Å². The first-order valence-corrected chi connectivity index (χ1v) is 8.67. The van der Waals surface area contributed by atoms with E-state index in [-0.39, 0.29) is 27.6 Å². The van der Waals surface area contributed by atoms with Crippen molar-refractivity contribution in [3.05, 3.63) is 74.8 Å². The summed E-state index contributed by atoms with van der Waals surface area (Å²) in [7, 11) is 0. The van der Waals surface area contributed by atoms with Crippen molar-refractivity contribution in [1.29, 1.82) is 0 Å². The molecule has 0 atom stereocenters. The molecule has 5 nitrogen and oxygen atoms in total. The Morgan fingerprint density at radius 2 is 1.84 bits per heavy atom. The van der Waals surface area contributed by atoms with E-state index in [4.69, 9.17) is 11.6 Å². The summed E-state index contributed by atoms with van der Waals surface area (Å²) in [6.45, 7) is 0.531. The highest BCUT2D eigenvalue weighted by atomic mass is 35.5. The fourth-order valence-corrected chi connectivity index (χ4v) is 3.82. The van der Waals surface area contributed by atoms with Crippen LogP contribution in [0.15, 0.2) is 48.5 Å². The molecule has 0 bridgehead atoms. The van der Waals surface area contributed by atoms with Crippen LogP contribution in [0.4, 0.5) is 5.69 Å². The maximum Gasteiger partial charge on any atom is 0.270 e. The topological polar surface area (TPSA) is 72.2 Å². The lowest BCUT2D eigenvalue weighted by molar-refractivity contribution is -0.384. The van der Waals surface area contributed by atoms with Gasteiger partial charge in [0.05, 0.1) is 15.5 Å². The Morgan fingerprint density at radius 1 is 1.16 bits per heavy atom. The molecule has 1 fully saturated rings. The van der Waals surface area contributed by atoms with Crippen molar-refractivity contribution in [1.82, 2.24) is 5.32 Å². The molecule has 1 aliphatic rings. The number of non-ortho nitro benzene ring substituents is 1. The highest BCUT2D eigenvalue weighted by Crippen LogP contribution is 2.40. The van der Waals surface area contributed by atoms with E-state index in [1.165, 1.54) is 23.8 Å². The van der Waals surface area contributed by atoms with Crippen molar-refractivity contribution in [2.75, 3.05) is 6.54 Å². The molecular weight excluding hydrogens is 340 g/mol. The lowest BCUT2D eigenvalue weighted by Crippen LogP contribution is -2.39. The number of hydrogen-bond donors (Lipinski definition) is 1. The van der Waals surface area contributed by atoms with Crippen LogP contribution in [0.5, 0.6) is 0 Å². The molecule has 1 amide bonds. The van der Waals surface area contributed by atoms with Gasteiger partial charge in [-0.3, -0.25) is 14.9 Å². The average Bonchev–Trinajstić information content (AvgIpc) is 3.10. The molecule has 2 aromatic carbocycles. The summed E-state index contributed by atoms with van der Waals surface area (Å²) in [5, 5.41) is 13.8. The summed E-state index contributed by atoms with van der Waals surface area (Å²) in [6, 6.07) is 14.1. The second kappa shape index (κ2) is 7.23. The summed E-state index contributed by atoms with van der Waals surface area (Å²) >= 11 is 6.05. The van der Waals surface area contributed by atoms with Crippen LogP contribution in [0.2, 0.25) is 5.02 Å². The van der Waals surface area contributed by atoms with Crippen LogP contribution >= 0.6 is 11.6 Å². The normalized spacial score (nSPS) is 15.7. The van der Waals surface area contributed by atoms with Gasteiger partial charge in [-0.2, -0.15) is 0 Å². The van der Waals surface area contributed by atoms with E-state index in [0.717, 1.165) is 25.7 Å². The van der Waals surface area contributed by atoms with Gasteiger partial charge in [0.2, 0.25) is 0 Å². The van der Waals surface area contributed by atoms with E-state index in [9.17, 15) is 14.9 Å². The zero-order chi connectivity index (χ0) is 17.9. The minimum absolute atomic E-state index is 0.0514. The number of benzene rings is 2. The lowest BCUT2D eigenvalue weighted by Gasteiger charge is -2.30. The molecular formula is C19H19ClN2O3. The highest BCUT2D eigenvalue weighted by molar-refractivity contribution is 6.34. The molecule has 0 heterocycles. The zero-order valence-electron chi connectivity index (χ0n) is 13.7. The molecule has 0 aliphatic heterocycles. The Bertz CT molecular complexity index is 787. The number of nitrogens with zero attached hydrogens (tertiary/aromatic N) is 1. The molecule has 25 heavy (non-hydrogen) atoms. The van der Waals surface area contributed by atoms with Crippen molar-refractivity contribution in [3.8, 4) is 0 Å². The molecule has 130 valence electrons. The van der Waals surface area contributed by atoms with Gasteiger partial charge in [0.1, 0.15) is 0 Å². The molecule has 1 N–H and O–H groups in total. The highest BCUT2D eigenvalue weighted by Gasteiger charge is 2.35. The number of nitro groups is 1. The van der Waals surface area contributed by atoms with Gasteiger partial charge in [-0.05, 0) is 24.5 Å². The first kappa shape index (κ1) is 17.4. The maximum atomic E-state index is 12.5. The van der Waals surface area contributed by atoms with E-state index in [2.05, 4.69) is 17.4 Å². The zero-order valence-corrected chi connectivity index (χ0v) is 14.5. The molecule has 3 rings (SSSR count). The van der Waals surface area contributed by atoms with Crippen LogP contribution in [0.25, 0.3) is 0 Å². The van der Waals surface area contributed by atoms with Crippen molar-refractivity contribution in [2.24, 2.45) is 0 Å². The minimum atomic E-state index is -0.531. The number of hydrogen-bond acceptors (Lipinski definition) is 3. The Kier molecular flexibility index (Phi) is 5.04. The number of amides is 1. The molecule has 0 radical (unpaired) electrons. The van der Waals surface area contributed by atoms with Crippen LogP contribution in [0.3, 0.4) is 0 Å². The van der Waals surface area contributed by atoms with Crippen LogP contribution < -0.4 is 5.32 Å². The molecule has 0 aromatic heterocycles. The fraction of sp³-hybridized carbons (Fsp3) is 0.316. The van der Waals surface area contributed by atoms with E-state index < -0.39 is 4.92 Å². The summed E-state index contributed by atoms with van der Waals surface area (Å²) in [6.07, 6.45) is 4.35. The van der Waals surface area contributed by atoms with Crippen LogP contribution in [-0.2, 0) is 5.41 Å². The Balaban J connectivity index is 1.76. The Hall–Kier alpha value is -2.40. The monoisotopic (exact) mass is 358 g/mol.